The number of para-hydroxylation sites is 2. The lowest BCUT2D eigenvalue weighted by Gasteiger charge is -2.26. The summed E-state index contributed by atoms with van der Waals surface area (Å²) in [7, 11) is 0. The molecule has 0 fully saturated rings. The van der Waals surface area contributed by atoms with Crippen LogP contribution in [0.15, 0.2) is 47.1 Å². The second kappa shape index (κ2) is 7.28. The number of carbonyl (C=O) groups is 1. The van der Waals surface area contributed by atoms with Crippen LogP contribution in [0.1, 0.15) is 0 Å². The summed E-state index contributed by atoms with van der Waals surface area (Å²) in [5.41, 5.74) is 0.911. The number of thioether (sulfide) groups is 1. The van der Waals surface area contributed by atoms with Gasteiger partial charge in [0, 0.05) is 0 Å². The number of hydrogen-bond acceptors (Lipinski definition) is 7. The van der Waals surface area contributed by atoms with Gasteiger partial charge in [-0.1, -0.05) is 23.9 Å². The van der Waals surface area contributed by atoms with Gasteiger partial charge >= 0.3 is 0 Å². The molecular weight excluding hydrogens is 358 g/mol. The van der Waals surface area contributed by atoms with E-state index in [2.05, 4.69) is 15.3 Å². The number of benzene rings is 1. The fraction of sp³-hybridized carbons (Fsp3) is 0.235. The summed E-state index contributed by atoms with van der Waals surface area (Å²) in [6.45, 7) is 0.831. The van der Waals surface area contributed by atoms with Crippen LogP contribution in [0.25, 0.3) is 10.2 Å². The number of nitrogens with one attached hydrogen (secondary N) is 1. The minimum absolute atomic E-state index is 0.0595. The summed E-state index contributed by atoms with van der Waals surface area (Å²) < 4.78 is 12.5. The van der Waals surface area contributed by atoms with Crippen LogP contribution in [0.5, 0.6) is 11.5 Å². The molecule has 0 radical (unpaired) electrons. The van der Waals surface area contributed by atoms with Crippen molar-refractivity contribution < 1.29 is 14.3 Å². The number of hydrogen-bond donors (Lipinski definition) is 1. The van der Waals surface area contributed by atoms with E-state index in [9.17, 15) is 4.79 Å². The van der Waals surface area contributed by atoms with Crippen LogP contribution in [0.2, 0.25) is 0 Å². The van der Waals surface area contributed by atoms with Crippen LogP contribution in [0.4, 0.5) is 0 Å². The largest absolute Gasteiger partial charge is 0.486 e. The summed E-state index contributed by atoms with van der Waals surface area (Å²) >= 11 is 2.99. The van der Waals surface area contributed by atoms with Crippen molar-refractivity contribution in [3.05, 3.63) is 42.0 Å². The van der Waals surface area contributed by atoms with Gasteiger partial charge in [-0.3, -0.25) is 4.79 Å². The SMILES string of the molecule is O=C(CSc1ncnc2ccsc12)NC[C@@H]1COc2ccccc2O1. The van der Waals surface area contributed by atoms with Crippen LogP contribution < -0.4 is 14.8 Å². The van der Waals surface area contributed by atoms with Gasteiger partial charge in [0.15, 0.2) is 11.5 Å². The van der Waals surface area contributed by atoms with Gasteiger partial charge in [-0.2, -0.15) is 0 Å². The number of thiophene rings is 1. The first-order valence-corrected chi connectivity index (χ1v) is 9.62. The topological polar surface area (TPSA) is 73.3 Å². The lowest BCUT2D eigenvalue weighted by Crippen LogP contribution is -2.41. The van der Waals surface area contributed by atoms with Crippen molar-refractivity contribution in [3.8, 4) is 11.5 Å². The van der Waals surface area contributed by atoms with Gasteiger partial charge < -0.3 is 14.8 Å². The first-order chi connectivity index (χ1) is 12.3. The van der Waals surface area contributed by atoms with Crippen LogP contribution in [0.3, 0.4) is 0 Å². The molecule has 1 aromatic carbocycles. The van der Waals surface area contributed by atoms with E-state index >= 15 is 0 Å². The summed E-state index contributed by atoms with van der Waals surface area (Å²) in [6.07, 6.45) is 1.34. The molecule has 1 aliphatic rings. The number of rotatable bonds is 5. The molecule has 0 saturated carbocycles. The highest BCUT2D eigenvalue weighted by Crippen LogP contribution is 2.31. The highest BCUT2D eigenvalue weighted by molar-refractivity contribution is 8.00. The molecule has 6 nitrogen and oxygen atoms in total. The molecule has 0 saturated heterocycles. The van der Waals surface area contributed by atoms with Crippen LogP contribution >= 0.6 is 23.1 Å². The van der Waals surface area contributed by atoms with Crippen molar-refractivity contribution in [1.82, 2.24) is 15.3 Å². The van der Waals surface area contributed by atoms with E-state index in [1.54, 1.807) is 11.3 Å². The molecular formula is C17H15N3O3S2. The maximum atomic E-state index is 12.1. The Morgan fingerprint density at radius 2 is 2.16 bits per heavy atom. The molecule has 2 aromatic heterocycles. The number of nitrogens with zero attached hydrogens (tertiary/aromatic N) is 2. The minimum Gasteiger partial charge on any atom is -0.486 e. The summed E-state index contributed by atoms with van der Waals surface area (Å²) in [6, 6.07) is 9.48. The number of amides is 1. The molecule has 0 bridgehead atoms. The molecule has 1 amide bonds. The van der Waals surface area contributed by atoms with Crippen molar-refractivity contribution in [2.75, 3.05) is 18.9 Å². The maximum absolute atomic E-state index is 12.1. The van der Waals surface area contributed by atoms with Gasteiger partial charge in [-0.25, -0.2) is 9.97 Å². The monoisotopic (exact) mass is 373 g/mol. The third-order valence-corrected chi connectivity index (χ3v) is 5.67. The molecule has 128 valence electrons. The minimum atomic E-state index is -0.188. The van der Waals surface area contributed by atoms with E-state index in [0.29, 0.717) is 24.7 Å². The van der Waals surface area contributed by atoms with E-state index in [-0.39, 0.29) is 12.0 Å². The molecule has 3 aromatic rings. The molecule has 0 aliphatic carbocycles. The fourth-order valence-electron chi connectivity index (χ4n) is 2.45. The van der Waals surface area contributed by atoms with Gasteiger partial charge in [-0.15, -0.1) is 11.3 Å². The molecule has 4 rings (SSSR count). The third-order valence-electron chi connectivity index (χ3n) is 3.64. The normalized spacial score (nSPS) is 15.9. The smallest absolute Gasteiger partial charge is 0.230 e. The van der Waals surface area contributed by atoms with Gasteiger partial charge in [-0.05, 0) is 23.6 Å². The van der Waals surface area contributed by atoms with E-state index < -0.39 is 0 Å². The Balaban J connectivity index is 1.28. The first-order valence-electron chi connectivity index (χ1n) is 7.76. The molecule has 1 N–H and O–H groups in total. The molecule has 0 spiro atoms. The Hall–Kier alpha value is -2.32. The van der Waals surface area contributed by atoms with E-state index in [1.807, 2.05) is 35.7 Å². The molecule has 1 atom stereocenters. The number of fused-ring (bicyclic) bond motifs is 2. The molecule has 0 unspecified atom stereocenters. The molecule has 8 heteroatoms. The average Bonchev–Trinajstić information content (AvgIpc) is 3.14. The van der Waals surface area contributed by atoms with E-state index in [4.69, 9.17) is 9.47 Å². The second-order valence-electron chi connectivity index (χ2n) is 5.40. The molecule has 25 heavy (non-hydrogen) atoms. The van der Waals surface area contributed by atoms with E-state index in [0.717, 1.165) is 21.0 Å². The lowest BCUT2D eigenvalue weighted by atomic mass is 10.2. The Morgan fingerprint density at radius 3 is 3.08 bits per heavy atom. The number of aromatic nitrogens is 2. The zero-order valence-corrected chi connectivity index (χ0v) is 14.8. The first kappa shape index (κ1) is 16.2. The molecule has 1 aliphatic heterocycles. The quantitative estimate of drug-likeness (QED) is 0.548. The highest BCUT2D eigenvalue weighted by atomic mass is 32.2. The van der Waals surface area contributed by atoms with Crippen molar-refractivity contribution >= 4 is 39.2 Å². The van der Waals surface area contributed by atoms with Crippen molar-refractivity contribution in [2.45, 2.75) is 11.1 Å². The van der Waals surface area contributed by atoms with Gasteiger partial charge in [0.05, 0.1) is 22.5 Å². The zero-order valence-electron chi connectivity index (χ0n) is 13.2. The Labute approximate surface area is 152 Å². The van der Waals surface area contributed by atoms with Crippen LogP contribution in [-0.4, -0.2) is 40.9 Å². The van der Waals surface area contributed by atoms with Crippen molar-refractivity contribution in [1.29, 1.82) is 0 Å². The average molecular weight is 373 g/mol. The number of ether oxygens (including phenoxy) is 2. The van der Waals surface area contributed by atoms with Crippen LogP contribution in [0, 0.1) is 0 Å². The Kier molecular flexibility index (Phi) is 4.71. The summed E-state index contributed by atoms with van der Waals surface area (Å²) in [5.74, 6) is 1.69. The highest BCUT2D eigenvalue weighted by Gasteiger charge is 2.21. The predicted octanol–water partition coefficient (Wildman–Crippen LogP) is 2.74. The predicted molar refractivity (Wildman–Crippen MR) is 97.5 cm³/mol. The van der Waals surface area contributed by atoms with Crippen molar-refractivity contribution in [2.24, 2.45) is 0 Å². The molecule has 3 heterocycles. The lowest BCUT2D eigenvalue weighted by molar-refractivity contribution is -0.119. The van der Waals surface area contributed by atoms with Gasteiger partial charge in [0.25, 0.3) is 0 Å². The summed E-state index contributed by atoms with van der Waals surface area (Å²) in [5, 5.41) is 5.70. The zero-order chi connectivity index (χ0) is 17.1. The standard InChI is InChI=1S/C17H15N3O3S2/c21-15(9-25-17-16-12(5-6-24-16)19-10-20-17)18-7-11-8-22-13-3-1-2-4-14(13)23-11/h1-6,10-11H,7-9H2,(H,18,21)/t11-/m1/s1. The second-order valence-corrected chi connectivity index (χ2v) is 7.28. The summed E-state index contributed by atoms with van der Waals surface area (Å²) in [4.78, 5) is 20.6. The van der Waals surface area contributed by atoms with E-state index in [1.165, 1.54) is 18.1 Å². The van der Waals surface area contributed by atoms with Crippen LogP contribution in [-0.2, 0) is 4.79 Å². The fourth-order valence-corrected chi connectivity index (χ4v) is 4.22. The van der Waals surface area contributed by atoms with Gasteiger partial charge in [0.2, 0.25) is 5.91 Å². The Bertz CT molecular complexity index is 899. The van der Waals surface area contributed by atoms with Gasteiger partial charge in [0.1, 0.15) is 24.1 Å². The number of carbonyl (C=O) groups excluding carboxylic acids is 1. The maximum Gasteiger partial charge on any atom is 0.230 e. The third kappa shape index (κ3) is 3.69. The van der Waals surface area contributed by atoms with Crippen molar-refractivity contribution in [3.63, 3.8) is 0 Å². The Morgan fingerprint density at radius 1 is 1.28 bits per heavy atom.